The molecule has 1 heterocycles. The van der Waals surface area contributed by atoms with Gasteiger partial charge in [-0.3, -0.25) is 4.79 Å². The highest BCUT2D eigenvalue weighted by Crippen LogP contribution is 2.28. The zero-order valence-corrected chi connectivity index (χ0v) is 11.5. The molecule has 21 heavy (non-hydrogen) atoms. The van der Waals surface area contributed by atoms with Crippen LogP contribution in [-0.2, 0) is 4.79 Å². The SMILES string of the molecule is O=C(CNCC(F)(F)F)Nc1ccccc1N1CCCC1. The topological polar surface area (TPSA) is 44.4 Å². The van der Waals surface area contributed by atoms with Crippen LogP contribution in [0.1, 0.15) is 12.8 Å². The molecule has 1 aromatic carbocycles. The second kappa shape index (κ2) is 6.80. The van der Waals surface area contributed by atoms with Crippen molar-refractivity contribution in [3.63, 3.8) is 0 Å². The third-order valence-electron chi connectivity index (χ3n) is 3.24. The molecule has 1 fully saturated rings. The van der Waals surface area contributed by atoms with Gasteiger partial charge in [-0.2, -0.15) is 13.2 Å². The quantitative estimate of drug-likeness (QED) is 0.877. The molecule has 1 aliphatic heterocycles. The number of amides is 1. The third-order valence-corrected chi connectivity index (χ3v) is 3.24. The predicted octanol–water partition coefficient (Wildman–Crippen LogP) is 2.38. The first-order valence-electron chi connectivity index (χ1n) is 6.87. The van der Waals surface area contributed by atoms with Crippen LogP contribution in [0, 0.1) is 0 Å². The molecule has 1 aliphatic rings. The Bertz CT molecular complexity index is 485. The van der Waals surface area contributed by atoms with E-state index in [4.69, 9.17) is 0 Å². The van der Waals surface area contributed by atoms with Crippen molar-refractivity contribution in [1.82, 2.24) is 5.32 Å². The predicted molar refractivity (Wildman–Crippen MR) is 75.4 cm³/mol. The lowest BCUT2D eigenvalue weighted by atomic mass is 10.2. The van der Waals surface area contributed by atoms with Gasteiger partial charge < -0.3 is 15.5 Å². The average molecular weight is 301 g/mol. The minimum absolute atomic E-state index is 0.367. The second-order valence-corrected chi connectivity index (χ2v) is 4.98. The zero-order chi connectivity index (χ0) is 15.3. The first-order chi connectivity index (χ1) is 9.96. The smallest absolute Gasteiger partial charge is 0.370 e. The van der Waals surface area contributed by atoms with Crippen molar-refractivity contribution in [3.8, 4) is 0 Å². The van der Waals surface area contributed by atoms with Crippen LogP contribution in [0.15, 0.2) is 24.3 Å². The fourth-order valence-electron chi connectivity index (χ4n) is 2.33. The number of nitrogens with one attached hydrogen (secondary N) is 2. The number of carbonyl (C=O) groups is 1. The summed E-state index contributed by atoms with van der Waals surface area (Å²) in [6.07, 6.45) is -2.10. The Hall–Kier alpha value is -1.76. The summed E-state index contributed by atoms with van der Waals surface area (Å²) in [5, 5.41) is 4.75. The maximum Gasteiger partial charge on any atom is 0.401 e. The minimum Gasteiger partial charge on any atom is -0.370 e. The lowest BCUT2D eigenvalue weighted by Gasteiger charge is -2.21. The van der Waals surface area contributed by atoms with Gasteiger partial charge in [-0.05, 0) is 25.0 Å². The highest BCUT2D eigenvalue weighted by atomic mass is 19.4. The van der Waals surface area contributed by atoms with E-state index in [1.165, 1.54) is 0 Å². The Kier molecular flexibility index (Phi) is 5.06. The lowest BCUT2D eigenvalue weighted by molar-refractivity contribution is -0.126. The summed E-state index contributed by atoms with van der Waals surface area (Å²) >= 11 is 0. The number of hydrogen-bond donors (Lipinski definition) is 2. The van der Waals surface area contributed by atoms with E-state index in [-0.39, 0.29) is 6.54 Å². The summed E-state index contributed by atoms with van der Waals surface area (Å²) in [7, 11) is 0. The molecule has 0 radical (unpaired) electrons. The second-order valence-electron chi connectivity index (χ2n) is 4.98. The summed E-state index contributed by atoms with van der Waals surface area (Å²) in [4.78, 5) is 13.9. The normalized spacial score (nSPS) is 15.3. The fraction of sp³-hybridized carbons (Fsp3) is 0.500. The molecule has 0 unspecified atom stereocenters. The van der Waals surface area contributed by atoms with Crippen LogP contribution in [0.25, 0.3) is 0 Å². The van der Waals surface area contributed by atoms with E-state index in [9.17, 15) is 18.0 Å². The molecular weight excluding hydrogens is 283 g/mol. The van der Waals surface area contributed by atoms with E-state index in [0.717, 1.165) is 31.6 Å². The van der Waals surface area contributed by atoms with E-state index in [2.05, 4.69) is 15.5 Å². The van der Waals surface area contributed by atoms with Crippen molar-refractivity contribution in [3.05, 3.63) is 24.3 Å². The molecule has 0 aliphatic carbocycles. The molecule has 0 bridgehead atoms. The van der Waals surface area contributed by atoms with E-state index < -0.39 is 18.6 Å². The van der Waals surface area contributed by atoms with Gasteiger partial charge in [0.2, 0.25) is 5.91 Å². The number of nitrogens with zero attached hydrogens (tertiary/aromatic N) is 1. The Morgan fingerprint density at radius 1 is 1.19 bits per heavy atom. The molecule has 0 saturated carbocycles. The van der Waals surface area contributed by atoms with Crippen LogP contribution in [0.4, 0.5) is 24.5 Å². The summed E-state index contributed by atoms with van der Waals surface area (Å²) in [5.74, 6) is -0.481. The molecule has 7 heteroatoms. The number of para-hydroxylation sites is 2. The summed E-state index contributed by atoms with van der Waals surface area (Å²) in [6, 6.07) is 7.34. The van der Waals surface area contributed by atoms with Gasteiger partial charge in [-0.1, -0.05) is 12.1 Å². The Morgan fingerprint density at radius 2 is 1.86 bits per heavy atom. The number of anilines is 2. The van der Waals surface area contributed by atoms with Crippen LogP contribution in [0.5, 0.6) is 0 Å². The van der Waals surface area contributed by atoms with Crippen molar-refractivity contribution in [2.45, 2.75) is 19.0 Å². The van der Waals surface area contributed by atoms with Crippen LogP contribution < -0.4 is 15.5 Å². The molecule has 0 spiro atoms. The van der Waals surface area contributed by atoms with E-state index in [1.54, 1.807) is 12.1 Å². The number of carbonyl (C=O) groups excluding carboxylic acids is 1. The Labute approximate surface area is 121 Å². The standard InChI is InChI=1S/C14H18F3N3O/c15-14(16,17)10-18-9-13(21)19-11-5-1-2-6-12(11)20-7-3-4-8-20/h1-2,5-6,18H,3-4,7-10H2,(H,19,21). The molecule has 1 aromatic rings. The molecule has 0 aromatic heterocycles. The van der Waals surface area contributed by atoms with Gasteiger partial charge in [-0.25, -0.2) is 0 Å². The van der Waals surface area contributed by atoms with Crippen LogP contribution >= 0.6 is 0 Å². The zero-order valence-electron chi connectivity index (χ0n) is 11.5. The molecule has 2 N–H and O–H groups in total. The Balaban J connectivity index is 1.91. The van der Waals surface area contributed by atoms with Gasteiger partial charge in [0.15, 0.2) is 0 Å². The van der Waals surface area contributed by atoms with Crippen molar-refractivity contribution in [2.24, 2.45) is 0 Å². The minimum atomic E-state index is -4.31. The van der Waals surface area contributed by atoms with E-state index in [1.807, 2.05) is 12.1 Å². The monoisotopic (exact) mass is 301 g/mol. The number of rotatable bonds is 5. The lowest BCUT2D eigenvalue weighted by Crippen LogP contribution is -2.35. The van der Waals surface area contributed by atoms with Gasteiger partial charge in [0.05, 0.1) is 24.5 Å². The highest BCUT2D eigenvalue weighted by Gasteiger charge is 2.26. The van der Waals surface area contributed by atoms with Crippen LogP contribution in [0.3, 0.4) is 0 Å². The van der Waals surface area contributed by atoms with Gasteiger partial charge in [-0.15, -0.1) is 0 Å². The van der Waals surface area contributed by atoms with Gasteiger partial charge in [0, 0.05) is 13.1 Å². The van der Waals surface area contributed by atoms with Crippen molar-refractivity contribution in [2.75, 3.05) is 36.4 Å². The molecular formula is C14H18F3N3O. The summed E-state index contributed by atoms with van der Waals surface area (Å²) in [5.41, 5.74) is 1.55. The average Bonchev–Trinajstić information content (AvgIpc) is 2.91. The molecule has 4 nitrogen and oxygen atoms in total. The molecule has 1 saturated heterocycles. The van der Waals surface area contributed by atoms with E-state index >= 15 is 0 Å². The van der Waals surface area contributed by atoms with Gasteiger partial charge in [0.25, 0.3) is 0 Å². The highest BCUT2D eigenvalue weighted by molar-refractivity contribution is 5.95. The number of alkyl halides is 3. The maximum atomic E-state index is 12.0. The fourth-order valence-corrected chi connectivity index (χ4v) is 2.33. The Morgan fingerprint density at radius 3 is 2.52 bits per heavy atom. The maximum absolute atomic E-state index is 12.0. The molecule has 1 amide bonds. The van der Waals surface area contributed by atoms with Gasteiger partial charge in [0.1, 0.15) is 0 Å². The number of halogens is 3. The van der Waals surface area contributed by atoms with Crippen molar-refractivity contribution < 1.29 is 18.0 Å². The first-order valence-corrected chi connectivity index (χ1v) is 6.87. The molecule has 116 valence electrons. The largest absolute Gasteiger partial charge is 0.401 e. The molecule has 2 rings (SSSR count). The number of hydrogen-bond acceptors (Lipinski definition) is 3. The van der Waals surface area contributed by atoms with Crippen molar-refractivity contribution >= 4 is 17.3 Å². The van der Waals surface area contributed by atoms with Crippen LogP contribution in [-0.4, -0.2) is 38.3 Å². The summed E-state index contributed by atoms with van der Waals surface area (Å²) < 4.78 is 36.0. The van der Waals surface area contributed by atoms with Gasteiger partial charge >= 0.3 is 6.18 Å². The first kappa shape index (κ1) is 15.6. The third kappa shape index (κ3) is 4.93. The summed E-state index contributed by atoms with van der Waals surface area (Å²) in [6.45, 7) is 0.320. The molecule has 0 atom stereocenters. The van der Waals surface area contributed by atoms with Crippen LogP contribution in [0.2, 0.25) is 0 Å². The number of benzene rings is 1. The van der Waals surface area contributed by atoms with E-state index in [0.29, 0.717) is 5.69 Å². The van der Waals surface area contributed by atoms with Crippen molar-refractivity contribution in [1.29, 1.82) is 0 Å².